The lowest BCUT2D eigenvalue weighted by atomic mass is 10.1. The topological polar surface area (TPSA) is 92.7 Å². The minimum Gasteiger partial charge on any atom is -0.495 e. The molecule has 0 aromatic heterocycles. The fourth-order valence-corrected chi connectivity index (χ4v) is 3.85. The molecule has 0 aliphatic carbocycles. The van der Waals surface area contributed by atoms with Crippen molar-refractivity contribution in [2.24, 2.45) is 0 Å². The van der Waals surface area contributed by atoms with Crippen molar-refractivity contribution in [1.29, 1.82) is 0 Å². The summed E-state index contributed by atoms with van der Waals surface area (Å²) in [5.41, 5.74) is -3.95. The Morgan fingerprint density at radius 1 is 1.18 bits per heavy atom. The number of carbonyl (C=O) groups is 1. The number of ether oxygens (including phenoxy) is 1. The first-order valence-electron chi connectivity index (χ1n) is 7.60. The van der Waals surface area contributed by atoms with E-state index in [0.717, 1.165) is 18.2 Å². The lowest BCUT2D eigenvalue weighted by Crippen LogP contribution is -2.52. The lowest BCUT2D eigenvalue weighted by molar-refractivity contribution is -0.242. The Morgan fingerprint density at radius 2 is 1.79 bits per heavy atom. The van der Waals surface area contributed by atoms with Crippen molar-refractivity contribution < 1.29 is 36.2 Å². The molecule has 0 radical (unpaired) electrons. The van der Waals surface area contributed by atoms with E-state index in [0.29, 0.717) is 0 Å². The van der Waals surface area contributed by atoms with E-state index in [2.05, 4.69) is 0 Å². The lowest BCUT2D eigenvalue weighted by Gasteiger charge is -2.25. The predicted octanol–water partition coefficient (Wildman–Crippen LogP) is 3.43. The van der Waals surface area contributed by atoms with Crippen LogP contribution < -0.4 is 10.1 Å². The van der Waals surface area contributed by atoms with Crippen molar-refractivity contribution in [3.05, 3.63) is 47.5 Å². The Kier molecular flexibility index (Phi) is 5.98. The number of benzene rings is 2. The number of para-hydroxylation sites is 1. The molecule has 28 heavy (non-hydrogen) atoms. The van der Waals surface area contributed by atoms with E-state index < -0.39 is 27.5 Å². The molecule has 6 nitrogen and oxygen atoms in total. The second-order valence-electron chi connectivity index (χ2n) is 5.82. The highest BCUT2D eigenvalue weighted by Crippen LogP contribution is 2.34. The maximum atomic E-state index is 12.8. The van der Waals surface area contributed by atoms with Gasteiger partial charge in [0.1, 0.15) is 10.6 Å². The molecule has 1 atom stereocenters. The first kappa shape index (κ1) is 22.0. The zero-order chi connectivity index (χ0) is 21.3. The molecule has 2 aromatic carbocycles. The number of aliphatic hydroxyl groups is 1. The van der Waals surface area contributed by atoms with Gasteiger partial charge in [0.25, 0.3) is 5.91 Å². The average molecular weight is 438 g/mol. The molecule has 0 fully saturated rings. The maximum Gasteiger partial charge on any atom is 0.426 e. The van der Waals surface area contributed by atoms with Crippen molar-refractivity contribution in [1.82, 2.24) is 0 Å². The molecule has 1 amide bonds. The van der Waals surface area contributed by atoms with E-state index in [4.69, 9.17) is 16.3 Å². The van der Waals surface area contributed by atoms with Crippen LogP contribution in [0.3, 0.4) is 0 Å². The van der Waals surface area contributed by atoms with E-state index in [1.165, 1.54) is 25.3 Å². The first-order chi connectivity index (χ1) is 12.8. The molecule has 0 unspecified atom stereocenters. The van der Waals surface area contributed by atoms with Gasteiger partial charge in [-0.3, -0.25) is 4.79 Å². The Labute approximate surface area is 163 Å². The summed E-state index contributed by atoms with van der Waals surface area (Å²) < 4.78 is 68.8. The van der Waals surface area contributed by atoms with Crippen molar-refractivity contribution in [3.63, 3.8) is 0 Å². The summed E-state index contributed by atoms with van der Waals surface area (Å²) in [6, 6.07) is 8.89. The van der Waals surface area contributed by atoms with Crippen LogP contribution in [-0.2, 0) is 14.6 Å². The van der Waals surface area contributed by atoms with Crippen LogP contribution in [0, 0.1) is 0 Å². The molecule has 152 valence electrons. The number of methoxy groups -OCH3 is 1. The van der Waals surface area contributed by atoms with E-state index in [-0.39, 0.29) is 33.2 Å². The number of nitrogens with one attached hydrogen (secondary N) is 1. The van der Waals surface area contributed by atoms with Gasteiger partial charge in [0, 0.05) is 0 Å². The van der Waals surface area contributed by atoms with Gasteiger partial charge < -0.3 is 15.2 Å². The summed E-state index contributed by atoms with van der Waals surface area (Å²) in [6.07, 6.45) is -5.21. The van der Waals surface area contributed by atoms with Crippen LogP contribution in [0.25, 0.3) is 0 Å². The van der Waals surface area contributed by atoms with E-state index in [9.17, 15) is 31.5 Å². The molecule has 0 aliphatic heterocycles. The molecule has 0 bridgehead atoms. The number of rotatable bonds is 5. The SMILES string of the molecule is COc1ccccc1S(=O)(=O)c1ccc(NC(=O)[C@@](C)(O)C(F)(F)F)c(Cl)c1. The third-order valence-corrected chi connectivity index (χ3v) is 5.96. The summed E-state index contributed by atoms with van der Waals surface area (Å²) in [5.74, 6) is -1.67. The molecular formula is C17H15ClF3NO5S. The highest BCUT2D eigenvalue weighted by molar-refractivity contribution is 7.91. The molecule has 11 heteroatoms. The smallest absolute Gasteiger partial charge is 0.426 e. The number of hydrogen-bond acceptors (Lipinski definition) is 5. The number of hydrogen-bond donors (Lipinski definition) is 2. The second kappa shape index (κ2) is 7.61. The quantitative estimate of drug-likeness (QED) is 0.747. The van der Waals surface area contributed by atoms with Gasteiger partial charge in [0.2, 0.25) is 15.4 Å². The molecule has 0 heterocycles. The number of amides is 1. The van der Waals surface area contributed by atoms with Gasteiger partial charge in [-0.1, -0.05) is 23.7 Å². The standard InChI is InChI=1S/C17H15ClF3NO5S/c1-16(24,17(19,20)21)15(23)22-12-8-7-10(9-11(12)18)28(25,26)14-6-4-3-5-13(14)27-2/h3-9,24H,1-2H3,(H,22,23)/t16-/m1/s1. The van der Waals surface area contributed by atoms with Crippen molar-refractivity contribution in [2.45, 2.75) is 28.5 Å². The highest BCUT2D eigenvalue weighted by Gasteiger charge is 2.55. The largest absolute Gasteiger partial charge is 0.495 e. The fraction of sp³-hybridized carbons (Fsp3) is 0.235. The van der Waals surface area contributed by atoms with Gasteiger partial charge >= 0.3 is 6.18 Å². The monoisotopic (exact) mass is 437 g/mol. The van der Waals surface area contributed by atoms with Crippen LogP contribution in [0.15, 0.2) is 52.3 Å². The summed E-state index contributed by atoms with van der Waals surface area (Å²) in [7, 11) is -2.75. The normalized spacial score (nSPS) is 14.2. The Balaban J connectivity index is 2.38. The number of halogens is 4. The molecule has 0 saturated carbocycles. The molecule has 2 aromatic rings. The zero-order valence-electron chi connectivity index (χ0n) is 14.5. The van der Waals surface area contributed by atoms with Gasteiger partial charge in [0.05, 0.1) is 22.7 Å². The minimum atomic E-state index is -5.21. The minimum absolute atomic E-state index is 0.0947. The first-order valence-corrected chi connectivity index (χ1v) is 9.46. The third kappa shape index (κ3) is 4.08. The Hall–Kier alpha value is -2.30. The molecule has 0 spiro atoms. The zero-order valence-corrected chi connectivity index (χ0v) is 16.1. The maximum absolute atomic E-state index is 12.8. The van der Waals surface area contributed by atoms with Crippen molar-refractivity contribution in [2.75, 3.05) is 12.4 Å². The number of sulfone groups is 1. The number of carbonyl (C=O) groups excluding carboxylic acids is 1. The highest BCUT2D eigenvalue weighted by atomic mass is 35.5. The number of alkyl halides is 3. The van der Waals surface area contributed by atoms with Crippen LogP contribution in [0.2, 0.25) is 5.02 Å². The number of anilines is 1. The van der Waals surface area contributed by atoms with Crippen LogP contribution in [0.5, 0.6) is 5.75 Å². The summed E-state index contributed by atoms with van der Waals surface area (Å²) in [4.78, 5) is 11.3. The third-order valence-electron chi connectivity index (χ3n) is 3.85. The van der Waals surface area contributed by atoms with Gasteiger partial charge in [-0.25, -0.2) is 8.42 Å². The summed E-state index contributed by atoms with van der Waals surface area (Å²) in [6.45, 7) is 0.288. The summed E-state index contributed by atoms with van der Waals surface area (Å²) in [5, 5.41) is 10.9. The fourth-order valence-electron chi connectivity index (χ4n) is 2.10. The van der Waals surface area contributed by atoms with Crippen LogP contribution >= 0.6 is 11.6 Å². The Bertz CT molecular complexity index is 1010. The average Bonchev–Trinajstić information content (AvgIpc) is 2.62. The molecule has 0 saturated heterocycles. The molecular weight excluding hydrogens is 423 g/mol. The van der Waals surface area contributed by atoms with Crippen LogP contribution in [0.1, 0.15) is 6.92 Å². The van der Waals surface area contributed by atoms with Crippen molar-refractivity contribution >= 4 is 33.0 Å². The van der Waals surface area contributed by atoms with Crippen LogP contribution in [0.4, 0.5) is 18.9 Å². The van der Waals surface area contributed by atoms with E-state index in [1.54, 1.807) is 6.07 Å². The molecule has 2 N–H and O–H groups in total. The van der Waals surface area contributed by atoms with Gasteiger partial charge in [-0.2, -0.15) is 13.2 Å². The van der Waals surface area contributed by atoms with Gasteiger partial charge in [-0.05, 0) is 37.3 Å². The van der Waals surface area contributed by atoms with Gasteiger partial charge in [0.15, 0.2) is 0 Å². The second-order valence-corrected chi connectivity index (χ2v) is 8.15. The van der Waals surface area contributed by atoms with Crippen LogP contribution in [-0.4, -0.2) is 38.3 Å². The molecule has 0 aliphatic rings. The van der Waals surface area contributed by atoms with Gasteiger partial charge in [-0.15, -0.1) is 0 Å². The van der Waals surface area contributed by atoms with E-state index in [1.807, 2.05) is 5.32 Å². The molecule has 2 rings (SSSR count). The Morgan fingerprint density at radius 3 is 2.32 bits per heavy atom. The van der Waals surface area contributed by atoms with Crippen molar-refractivity contribution in [3.8, 4) is 5.75 Å². The van der Waals surface area contributed by atoms with E-state index >= 15 is 0 Å². The predicted molar refractivity (Wildman–Crippen MR) is 95.2 cm³/mol. The summed E-state index contributed by atoms with van der Waals surface area (Å²) >= 11 is 5.93.